The second-order valence-corrected chi connectivity index (χ2v) is 9.11. The highest BCUT2D eigenvalue weighted by Gasteiger charge is 2.30. The molecule has 0 N–H and O–H groups in total. The Hall–Kier alpha value is -1.71. The van der Waals surface area contributed by atoms with E-state index >= 15 is 0 Å². The molecule has 0 unspecified atom stereocenters. The predicted molar refractivity (Wildman–Crippen MR) is 99.0 cm³/mol. The molecule has 2 saturated heterocycles. The summed E-state index contributed by atoms with van der Waals surface area (Å²) in [7, 11) is -3.16. The van der Waals surface area contributed by atoms with E-state index in [9.17, 15) is 8.42 Å². The van der Waals surface area contributed by atoms with E-state index in [4.69, 9.17) is 4.74 Å². The van der Waals surface area contributed by atoms with Gasteiger partial charge in [-0.05, 0) is 31.9 Å². The molecule has 2 fully saturated rings. The summed E-state index contributed by atoms with van der Waals surface area (Å²) in [4.78, 5) is 6.93. The Morgan fingerprint density at radius 3 is 2.81 bits per heavy atom. The molecule has 0 bridgehead atoms. The Morgan fingerprint density at radius 2 is 2.04 bits per heavy atom. The number of sulfonamides is 1. The standard InChI is InChI=1S/C17H25N5O3S/c1-2-26(23,24)21-7-3-4-14(12-21)17-18-16-6-5-15(13-22(16)19-17)20-8-10-25-11-9-20/h5-6,13-14H,2-4,7-12H2,1H3/t14-/m1/s1. The number of aromatic nitrogens is 3. The van der Waals surface area contributed by atoms with Crippen molar-refractivity contribution in [3.8, 4) is 0 Å². The van der Waals surface area contributed by atoms with E-state index in [-0.39, 0.29) is 11.7 Å². The lowest BCUT2D eigenvalue weighted by molar-refractivity contribution is 0.122. The Kier molecular flexibility index (Phi) is 4.85. The SMILES string of the molecule is CCS(=O)(=O)N1CCC[C@@H](c2nc3ccc(N4CCOCC4)cn3n2)C1. The van der Waals surface area contributed by atoms with Crippen LogP contribution in [0.25, 0.3) is 5.65 Å². The van der Waals surface area contributed by atoms with E-state index in [0.29, 0.717) is 13.1 Å². The van der Waals surface area contributed by atoms with Crippen LogP contribution < -0.4 is 4.90 Å². The quantitative estimate of drug-likeness (QED) is 0.791. The molecule has 2 aliphatic heterocycles. The van der Waals surface area contributed by atoms with Crippen molar-refractivity contribution >= 4 is 21.4 Å². The van der Waals surface area contributed by atoms with E-state index in [1.165, 1.54) is 0 Å². The maximum absolute atomic E-state index is 12.2. The molecule has 4 heterocycles. The third kappa shape index (κ3) is 3.43. The molecule has 142 valence electrons. The summed E-state index contributed by atoms with van der Waals surface area (Å²) in [5.41, 5.74) is 1.91. The molecule has 0 saturated carbocycles. The van der Waals surface area contributed by atoms with Crippen LogP contribution in [0.4, 0.5) is 5.69 Å². The molecule has 9 heteroatoms. The third-order valence-electron chi connectivity index (χ3n) is 5.22. The molecule has 2 aromatic rings. The van der Waals surface area contributed by atoms with Crippen LogP contribution in [0.2, 0.25) is 0 Å². The maximum Gasteiger partial charge on any atom is 0.213 e. The van der Waals surface area contributed by atoms with E-state index in [2.05, 4.69) is 21.0 Å². The van der Waals surface area contributed by atoms with E-state index in [1.807, 2.05) is 16.8 Å². The maximum atomic E-state index is 12.2. The van der Waals surface area contributed by atoms with Crippen LogP contribution in [-0.4, -0.2) is 72.5 Å². The monoisotopic (exact) mass is 379 g/mol. The van der Waals surface area contributed by atoms with Gasteiger partial charge in [0, 0.05) is 32.1 Å². The van der Waals surface area contributed by atoms with Gasteiger partial charge >= 0.3 is 0 Å². The summed E-state index contributed by atoms with van der Waals surface area (Å²) >= 11 is 0. The molecule has 2 aliphatic rings. The minimum absolute atomic E-state index is 0.0526. The molecule has 26 heavy (non-hydrogen) atoms. The molecule has 0 radical (unpaired) electrons. The highest BCUT2D eigenvalue weighted by atomic mass is 32.2. The second kappa shape index (κ2) is 7.13. The van der Waals surface area contributed by atoms with Gasteiger partial charge in [-0.1, -0.05) is 0 Å². The van der Waals surface area contributed by atoms with Gasteiger partial charge in [0.15, 0.2) is 11.5 Å². The summed E-state index contributed by atoms with van der Waals surface area (Å²) < 4.78 is 33.2. The van der Waals surface area contributed by atoms with Gasteiger partial charge in [-0.2, -0.15) is 5.10 Å². The van der Waals surface area contributed by atoms with Crippen molar-refractivity contribution in [2.24, 2.45) is 0 Å². The predicted octanol–water partition coefficient (Wildman–Crippen LogP) is 1.09. The molecule has 4 rings (SSSR count). The second-order valence-electron chi connectivity index (χ2n) is 6.86. The minimum Gasteiger partial charge on any atom is -0.378 e. The number of ether oxygens (including phenoxy) is 1. The van der Waals surface area contributed by atoms with Gasteiger partial charge in [-0.3, -0.25) is 0 Å². The summed E-state index contributed by atoms with van der Waals surface area (Å²) in [5, 5.41) is 4.66. The fraction of sp³-hybridized carbons (Fsp3) is 0.647. The number of anilines is 1. The van der Waals surface area contributed by atoms with Crippen molar-refractivity contribution in [1.29, 1.82) is 0 Å². The number of morpholine rings is 1. The fourth-order valence-corrected chi connectivity index (χ4v) is 4.84. The number of hydrogen-bond acceptors (Lipinski definition) is 6. The zero-order valence-corrected chi connectivity index (χ0v) is 15.9. The normalized spacial score (nSPS) is 22.8. The van der Waals surface area contributed by atoms with Crippen LogP contribution in [0.1, 0.15) is 31.5 Å². The summed E-state index contributed by atoms with van der Waals surface area (Å²) in [6, 6.07) is 4.04. The lowest BCUT2D eigenvalue weighted by Crippen LogP contribution is -2.40. The fourth-order valence-electron chi connectivity index (χ4n) is 3.66. The highest BCUT2D eigenvalue weighted by molar-refractivity contribution is 7.89. The van der Waals surface area contributed by atoms with E-state index in [1.54, 1.807) is 11.2 Å². The Morgan fingerprint density at radius 1 is 1.23 bits per heavy atom. The van der Waals surface area contributed by atoms with Crippen molar-refractivity contribution < 1.29 is 13.2 Å². The van der Waals surface area contributed by atoms with Gasteiger partial charge in [-0.25, -0.2) is 22.2 Å². The van der Waals surface area contributed by atoms with Crippen LogP contribution in [0.3, 0.4) is 0 Å². The molecule has 0 spiro atoms. The van der Waals surface area contributed by atoms with Crippen LogP contribution in [0.15, 0.2) is 18.3 Å². The molecule has 0 amide bonds. The first-order valence-electron chi connectivity index (χ1n) is 9.23. The Labute approximate surface area is 153 Å². The molecule has 0 aromatic carbocycles. The first kappa shape index (κ1) is 17.7. The summed E-state index contributed by atoms with van der Waals surface area (Å²) in [6.07, 6.45) is 3.77. The lowest BCUT2D eigenvalue weighted by atomic mass is 9.99. The number of pyridine rings is 1. The number of nitrogens with zero attached hydrogens (tertiary/aromatic N) is 5. The van der Waals surface area contributed by atoms with Crippen molar-refractivity contribution in [2.75, 3.05) is 50.0 Å². The van der Waals surface area contributed by atoms with Crippen LogP contribution in [0, 0.1) is 0 Å². The molecule has 1 atom stereocenters. The zero-order valence-electron chi connectivity index (χ0n) is 15.0. The lowest BCUT2D eigenvalue weighted by Gasteiger charge is -2.30. The topological polar surface area (TPSA) is 80.0 Å². The first-order chi connectivity index (χ1) is 12.6. The average Bonchev–Trinajstić information content (AvgIpc) is 3.12. The molecule has 0 aliphatic carbocycles. The Bertz CT molecular complexity index is 876. The van der Waals surface area contributed by atoms with Gasteiger partial charge in [-0.15, -0.1) is 0 Å². The average molecular weight is 379 g/mol. The summed E-state index contributed by atoms with van der Waals surface area (Å²) in [6.45, 7) is 5.99. The van der Waals surface area contributed by atoms with Gasteiger partial charge in [0.2, 0.25) is 10.0 Å². The number of piperidine rings is 1. The molecule has 8 nitrogen and oxygen atoms in total. The molecule has 2 aromatic heterocycles. The molecular weight excluding hydrogens is 354 g/mol. The van der Waals surface area contributed by atoms with Crippen molar-refractivity contribution in [3.05, 3.63) is 24.2 Å². The largest absolute Gasteiger partial charge is 0.378 e. The van der Waals surface area contributed by atoms with Gasteiger partial charge in [0.05, 0.1) is 30.9 Å². The number of hydrogen-bond donors (Lipinski definition) is 0. The van der Waals surface area contributed by atoms with Crippen molar-refractivity contribution in [2.45, 2.75) is 25.7 Å². The van der Waals surface area contributed by atoms with Crippen LogP contribution in [-0.2, 0) is 14.8 Å². The van der Waals surface area contributed by atoms with Crippen LogP contribution >= 0.6 is 0 Å². The van der Waals surface area contributed by atoms with Crippen molar-refractivity contribution in [1.82, 2.24) is 18.9 Å². The van der Waals surface area contributed by atoms with Gasteiger partial charge < -0.3 is 9.64 Å². The Balaban J connectivity index is 1.57. The third-order valence-corrected chi connectivity index (χ3v) is 7.06. The van der Waals surface area contributed by atoms with Gasteiger partial charge in [0.25, 0.3) is 0 Å². The first-order valence-corrected chi connectivity index (χ1v) is 10.8. The summed E-state index contributed by atoms with van der Waals surface area (Å²) in [5.74, 6) is 0.929. The smallest absolute Gasteiger partial charge is 0.213 e. The van der Waals surface area contributed by atoms with Gasteiger partial charge in [0.1, 0.15) is 0 Å². The number of rotatable bonds is 4. The minimum atomic E-state index is -3.16. The van der Waals surface area contributed by atoms with E-state index in [0.717, 1.165) is 56.3 Å². The van der Waals surface area contributed by atoms with Crippen LogP contribution in [0.5, 0.6) is 0 Å². The number of fused-ring (bicyclic) bond motifs is 1. The molecular formula is C17H25N5O3S. The highest BCUT2D eigenvalue weighted by Crippen LogP contribution is 2.27. The van der Waals surface area contributed by atoms with Crippen molar-refractivity contribution in [3.63, 3.8) is 0 Å². The van der Waals surface area contributed by atoms with E-state index < -0.39 is 10.0 Å². The zero-order chi connectivity index (χ0) is 18.1.